The number of piperazine rings is 1. The van der Waals surface area contributed by atoms with E-state index in [0.29, 0.717) is 13.0 Å². The molecule has 4 heteroatoms. The second-order valence-electron chi connectivity index (χ2n) is 4.41. The standard InChI is InChI=1S/C14H18N2O2/c1-3-11-14(18)16(4-2)12(13(17)15-11)10-8-6-5-7-9-10/h5-9,11-12H,3-4H2,1-2H3,(H,15,17). The van der Waals surface area contributed by atoms with Gasteiger partial charge >= 0.3 is 0 Å². The number of rotatable bonds is 3. The number of nitrogens with one attached hydrogen (secondary N) is 1. The molecule has 1 aliphatic rings. The molecule has 0 aliphatic carbocycles. The lowest BCUT2D eigenvalue weighted by Gasteiger charge is -2.38. The summed E-state index contributed by atoms with van der Waals surface area (Å²) in [5.41, 5.74) is 0.861. The Bertz CT molecular complexity index is 444. The number of nitrogens with zero attached hydrogens (tertiary/aromatic N) is 1. The first kappa shape index (κ1) is 12.6. The van der Waals surface area contributed by atoms with Crippen LogP contribution in [0.1, 0.15) is 31.9 Å². The number of benzene rings is 1. The molecule has 0 saturated carbocycles. The van der Waals surface area contributed by atoms with Gasteiger partial charge in [0.25, 0.3) is 0 Å². The maximum Gasteiger partial charge on any atom is 0.248 e. The first-order valence-electron chi connectivity index (χ1n) is 6.34. The third kappa shape index (κ3) is 2.10. The molecule has 0 radical (unpaired) electrons. The van der Waals surface area contributed by atoms with Crippen LogP contribution in [0.3, 0.4) is 0 Å². The molecular formula is C14H18N2O2. The van der Waals surface area contributed by atoms with Crippen LogP contribution < -0.4 is 5.32 Å². The number of carbonyl (C=O) groups is 2. The average Bonchev–Trinajstić information content (AvgIpc) is 2.41. The highest BCUT2D eigenvalue weighted by Gasteiger charge is 2.39. The fraction of sp³-hybridized carbons (Fsp3) is 0.429. The van der Waals surface area contributed by atoms with Crippen molar-refractivity contribution >= 4 is 11.8 Å². The van der Waals surface area contributed by atoms with Gasteiger partial charge in [0, 0.05) is 6.54 Å². The summed E-state index contributed by atoms with van der Waals surface area (Å²) in [5, 5.41) is 2.80. The summed E-state index contributed by atoms with van der Waals surface area (Å²) in [7, 11) is 0. The van der Waals surface area contributed by atoms with E-state index in [-0.39, 0.29) is 17.9 Å². The van der Waals surface area contributed by atoms with Gasteiger partial charge < -0.3 is 10.2 Å². The number of hydrogen-bond donors (Lipinski definition) is 1. The van der Waals surface area contributed by atoms with E-state index >= 15 is 0 Å². The van der Waals surface area contributed by atoms with Gasteiger partial charge in [-0.25, -0.2) is 0 Å². The summed E-state index contributed by atoms with van der Waals surface area (Å²) < 4.78 is 0. The maximum absolute atomic E-state index is 12.2. The first-order chi connectivity index (χ1) is 8.69. The van der Waals surface area contributed by atoms with E-state index in [2.05, 4.69) is 5.32 Å². The van der Waals surface area contributed by atoms with E-state index < -0.39 is 6.04 Å². The van der Waals surface area contributed by atoms with Crippen LogP contribution in [-0.4, -0.2) is 29.3 Å². The van der Waals surface area contributed by atoms with Crippen molar-refractivity contribution < 1.29 is 9.59 Å². The number of likely N-dealkylation sites (N-methyl/N-ethyl adjacent to an activating group) is 1. The minimum atomic E-state index is -0.494. The van der Waals surface area contributed by atoms with Crippen LogP contribution in [0.25, 0.3) is 0 Å². The van der Waals surface area contributed by atoms with Gasteiger partial charge in [0.2, 0.25) is 11.8 Å². The molecule has 1 saturated heterocycles. The largest absolute Gasteiger partial charge is 0.342 e. The summed E-state index contributed by atoms with van der Waals surface area (Å²) in [6.07, 6.45) is 0.628. The molecule has 2 rings (SSSR count). The number of hydrogen-bond acceptors (Lipinski definition) is 2. The molecule has 2 atom stereocenters. The number of carbonyl (C=O) groups excluding carboxylic acids is 2. The number of amides is 2. The normalized spacial score (nSPS) is 24.0. The molecule has 0 spiro atoms. The fourth-order valence-electron chi connectivity index (χ4n) is 2.36. The van der Waals surface area contributed by atoms with E-state index in [9.17, 15) is 9.59 Å². The smallest absolute Gasteiger partial charge is 0.248 e. The predicted molar refractivity (Wildman–Crippen MR) is 68.8 cm³/mol. The van der Waals surface area contributed by atoms with Gasteiger partial charge in [0.1, 0.15) is 12.1 Å². The summed E-state index contributed by atoms with van der Waals surface area (Å²) in [5.74, 6) is -0.0806. The zero-order chi connectivity index (χ0) is 13.1. The van der Waals surface area contributed by atoms with Crippen molar-refractivity contribution in [1.29, 1.82) is 0 Å². The Morgan fingerprint density at radius 1 is 1.17 bits per heavy atom. The molecule has 4 nitrogen and oxygen atoms in total. The van der Waals surface area contributed by atoms with Gasteiger partial charge in [-0.15, -0.1) is 0 Å². The van der Waals surface area contributed by atoms with Gasteiger partial charge in [0.15, 0.2) is 0 Å². The molecule has 1 fully saturated rings. The highest BCUT2D eigenvalue weighted by molar-refractivity contribution is 5.97. The molecule has 1 aliphatic heterocycles. The molecule has 1 aromatic carbocycles. The molecule has 1 heterocycles. The van der Waals surface area contributed by atoms with Crippen LogP contribution in [0.5, 0.6) is 0 Å². The topological polar surface area (TPSA) is 49.4 Å². The molecule has 0 bridgehead atoms. The van der Waals surface area contributed by atoms with Gasteiger partial charge in [0.05, 0.1) is 0 Å². The Hall–Kier alpha value is -1.84. The zero-order valence-electron chi connectivity index (χ0n) is 10.7. The minimum Gasteiger partial charge on any atom is -0.342 e. The van der Waals surface area contributed by atoms with Crippen molar-refractivity contribution in [2.45, 2.75) is 32.4 Å². The van der Waals surface area contributed by atoms with E-state index in [1.807, 2.05) is 44.2 Å². The Balaban J connectivity index is 2.34. The quantitative estimate of drug-likeness (QED) is 0.878. The Labute approximate surface area is 107 Å². The summed E-state index contributed by atoms with van der Waals surface area (Å²) >= 11 is 0. The van der Waals surface area contributed by atoms with Gasteiger partial charge in [-0.05, 0) is 18.9 Å². The predicted octanol–water partition coefficient (Wildman–Crippen LogP) is 1.48. The second kappa shape index (κ2) is 5.21. The summed E-state index contributed by atoms with van der Waals surface area (Å²) in [6, 6.07) is 8.55. The van der Waals surface area contributed by atoms with Crippen molar-refractivity contribution in [1.82, 2.24) is 10.2 Å². The lowest BCUT2D eigenvalue weighted by atomic mass is 9.99. The van der Waals surface area contributed by atoms with Crippen LogP contribution in [0.4, 0.5) is 0 Å². The van der Waals surface area contributed by atoms with E-state index in [4.69, 9.17) is 0 Å². The van der Waals surface area contributed by atoms with Crippen LogP contribution in [0.15, 0.2) is 30.3 Å². The highest BCUT2D eigenvalue weighted by Crippen LogP contribution is 2.25. The Morgan fingerprint density at radius 3 is 2.39 bits per heavy atom. The van der Waals surface area contributed by atoms with Crippen LogP contribution >= 0.6 is 0 Å². The summed E-state index contributed by atoms with van der Waals surface area (Å²) in [4.78, 5) is 26.1. The molecule has 0 aromatic heterocycles. The lowest BCUT2D eigenvalue weighted by molar-refractivity contribution is -0.149. The SMILES string of the molecule is CCC1NC(=O)C(c2ccccc2)N(CC)C1=O. The molecule has 96 valence electrons. The van der Waals surface area contributed by atoms with Crippen molar-refractivity contribution in [2.24, 2.45) is 0 Å². The minimum absolute atomic E-state index is 0.00783. The molecule has 18 heavy (non-hydrogen) atoms. The maximum atomic E-state index is 12.2. The van der Waals surface area contributed by atoms with Crippen molar-refractivity contribution in [3.8, 4) is 0 Å². The van der Waals surface area contributed by atoms with E-state index in [0.717, 1.165) is 5.56 Å². The molecule has 2 amide bonds. The Kier molecular flexibility index (Phi) is 3.65. The van der Waals surface area contributed by atoms with E-state index in [1.165, 1.54) is 0 Å². The zero-order valence-corrected chi connectivity index (χ0v) is 10.7. The molecular weight excluding hydrogens is 228 g/mol. The van der Waals surface area contributed by atoms with Crippen molar-refractivity contribution in [2.75, 3.05) is 6.54 Å². The second-order valence-corrected chi connectivity index (χ2v) is 4.41. The Morgan fingerprint density at radius 2 is 1.83 bits per heavy atom. The average molecular weight is 246 g/mol. The monoisotopic (exact) mass is 246 g/mol. The highest BCUT2D eigenvalue weighted by atomic mass is 16.2. The van der Waals surface area contributed by atoms with Crippen molar-refractivity contribution in [3.63, 3.8) is 0 Å². The third-order valence-corrected chi connectivity index (χ3v) is 3.32. The molecule has 1 aromatic rings. The third-order valence-electron chi connectivity index (χ3n) is 3.32. The molecule has 1 N–H and O–H groups in total. The van der Waals surface area contributed by atoms with Crippen LogP contribution in [0.2, 0.25) is 0 Å². The van der Waals surface area contributed by atoms with Crippen molar-refractivity contribution in [3.05, 3.63) is 35.9 Å². The first-order valence-corrected chi connectivity index (χ1v) is 6.34. The lowest BCUT2D eigenvalue weighted by Crippen LogP contribution is -2.59. The van der Waals surface area contributed by atoms with E-state index in [1.54, 1.807) is 4.90 Å². The van der Waals surface area contributed by atoms with Crippen LogP contribution in [0, 0.1) is 0 Å². The van der Waals surface area contributed by atoms with Gasteiger partial charge in [-0.3, -0.25) is 9.59 Å². The molecule has 2 unspecified atom stereocenters. The van der Waals surface area contributed by atoms with Gasteiger partial charge in [-0.1, -0.05) is 37.3 Å². The fourth-order valence-corrected chi connectivity index (χ4v) is 2.36. The van der Waals surface area contributed by atoms with Crippen LogP contribution in [-0.2, 0) is 9.59 Å². The summed E-state index contributed by atoms with van der Waals surface area (Å²) in [6.45, 7) is 4.35. The van der Waals surface area contributed by atoms with Gasteiger partial charge in [-0.2, -0.15) is 0 Å².